The molecule has 138 valence electrons. The van der Waals surface area contributed by atoms with E-state index in [-0.39, 0.29) is 11.5 Å². The molecule has 27 heavy (non-hydrogen) atoms. The molecule has 0 saturated heterocycles. The van der Waals surface area contributed by atoms with Crippen LogP contribution in [0.1, 0.15) is 45.7 Å². The number of hydrogen-bond acceptors (Lipinski definition) is 3. The summed E-state index contributed by atoms with van der Waals surface area (Å²) in [6.45, 7) is 1.48. The Labute approximate surface area is 156 Å². The zero-order valence-corrected chi connectivity index (χ0v) is 14.9. The minimum atomic E-state index is -0.543. The lowest BCUT2D eigenvalue weighted by Crippen LogP contribution is -2.31. The highest BCUT2D eigenvalue weighted by Gasteiger charge is 2.21. The average molecular weight is 365 g/mol. The van der Waals surface area contributed by atoms with Crippen LogP contribution in [0.5, 0.6) is 0 Å². The van der Waals surface area contributed by atoms with Crippen LogP contribution in [-0.2, 0) is 13.1 Å². The topological polar surface area (TPSA) is 74.8 Å². The third-order valence-electron chi connectivity index (χ3n) is 4.37. The zero-order valence-electron chi connectivity index (χ0n) is 14.9. The second-order valence-electron chi connectivity index (χ2n) is 6.12. The predicted molar refractivity (Wildman–Crippen MR) is 101 cm³/mol. The Hall–Kier alpha value is -3.28. The molecule has 0 bridgehead atoms. The van der Waals surface area contributed by atoms with Crippen LogP contribution in [-0.4, -0.2) is 15.9 Å². The van der Waals surface area contributed by atoms with E-state index in [9.17, 15) is 14.0 Å². The lowest BCUT2D eigenvalue weighted by Gasteiger charge is -2.21. The molecule has 6 heteroatoms. The molecule has 0 aliphatic heterocycles. The van der Waals surface area contributed by atoms with E-state index in [4.69, 9.17) is 0 Å². The number of H-pyrrole nitrogens is 1. The van der Waals surface area contributed by atoms with Crippen LogP contribution in [0, 0.1) is 0 Å². The first-order valence-corrected chi connectivity index (χ1v) is 8.70. The number of halogens is 1. The van der Waals surface area contributed by atoms with Gasteiger partial charge in [-0.15, -0.1) is 0 Å². The summed E-state index contributed by atoms with van der Waals surface area (Å²) in [6, 6.07) is 13.1. The minimum absolute atomic E-state index is 0.275. The van der Waals surface area contributed by atoms with Gasteiger partial charge in [0, 0.05) is 18.5 Å². The Morgan fingerprint density at radius 2 is 1.96 bits per heavy atom. The molecule has 1 atom stereocenters. The maximum atomic E-state index is 12.9. The van der Waals surface area contributed by atoms with Crippen LogP contribution in [0.4, 0.5) is 4.39 Å². The third-order valence-corrected chi connectivity index (χ3v) is 4.37. The molecular weight excluding hydrogens is 345 g/mol. The molecule has 0 aliphatic rings. The van der Waals surface area contributed by atoms with Crippen LogP contribution in [0.25, 0.3) is 0 Å². The Morgan fingerprint density at radius 3 is 2.59 bits per heavy atom. The van der Waals surface area contributed by atoms with E-state index in [1.54, 1.807) is 30.5 Å². The van der Waals surface area contributed by atoms with E-state index in [2.05, 4.69) is 15.3 Å². The van der Waals surface area contributed by atoms with Gasteiger partial charge >= 0.3 is 0 Å². The summed E-state index contributed by atoms with van der Waals surface area (Å²) in [5.74, 6) is -0.335. The predicted octanol–water partition coefficient (Wildman–Crippen LogP) is 3.32. The fourth-order valence-electron chi connectivity index (χ4n) is 2.88. The van der Waals surface area contributed by atoms with Crippen LogP contribution < -0.4 is 10.9 Å². The number of hydrogen-bond donors (Lipinski definition) is 2. The summed E-state index contributed by atoms with van der Waals surface area (Å²) >= 11 is 0. The molecule has 2 N–H and O–H groups in total. The lowest BCUT2D eigenvalue weighted by atomic mass is 9.97. The summed E-state index contributed by atoms with van der Waals surface area (Å²) in [4.78, 5) is 30.9. The molecule has 5 nitrogen and oxygen atoms in total. The highest BCUT2D eigenvalue weighted by atomic mass is 19.1. The van der Waals surface area contributed by atoms with Crippen LogP contribution in [0.3, 0.4) is 0 Å². The van der Waals surface area contributed by atoms with Gasteiger partial charge in [-0.05, 0) is 35.2 Å². The standard InChI is InChI=1S/C21H20FN3O2/c1-2-15-4-3-11-23-19(15)20(16-7-5-14(12-22)6-8-16)25-21(27)17-9-10-18(26)24-13-17/h3-11,13,20H,2,12H2,1H3,(H,24,26)(H,25,27)/t20-/m0/s1. The average Bonchev–Trinajstić information content (AvgIpc) is 2.72. The number of alkyl halides is 1. The minimum Gasteiger partial charge on any atom is -0.339 e. The number of carbonyl (C=O) groups is 1. The fourth-order valence-corrected chi connectivity index (χ4v) is 2.88. The maximum Gasteiger partial charge on any atom is 0.253 e. The quantitative estimate of drug-likeness (QED) is 0.704. The van der Waals surface area contributed by atoms with Crippen molar-refractivity contribution in [1.29, 1.82) is 0 Å². The monoisotopic (exact) mass is 365 g/mol. The largest absolute Gasteiger partial charge is 0.339 e. The van der Waals surface area contributed by atoms with Crippen molar-refractivity contribution in [2.45, 2.75) is 26.1 Å². The second-order valence-corrected chi connectivity index (χ2v) is 6.12. The van der Waals surface area contributed by atoms with Crippen LogP contribution in [0.2, 0.25) is 0 Å². The second kappa shape index (κ2) is 8.40. The first-order valence-electron chi connectivity index (χ1n) is 8.70. The number of aryl methyl sites for hydroxylation is 1. The van der Waals surface area contributed by atoms with E-state index in [1.807, 2.05) is 19.1 Å². The van der Waals surface area contributed by atoms with Crippen molar-refractivity contribution in [3.63, 3.8) is 0 Å². The van der Waals surface area contributed by atoms with Gasteiger partial charge in [-0.3, -0.25) is 14.6 Å². The van der Waals surface area contributed by atoms with Gasteiger partial charge in [0.2, 0.25) is 5.56 Å². The molecule has 0 saturated carbocycles. The van der Waals surface area contributed by atoms with E-state index in [0.717, 1.165) is 23.2 Å². The first kappa shape index (κ1) is 18.5. The molecular formula is C21H20FN3O2. The van der Waals surface area contributed by atoms with Crippen LogP contribution >= 0.6 is 0 Å². The molecule has 0 unspecified atom stereocenters. The van der Waals surface area contributed by atoms with Crippen molar-refractivity contribution >= 4 is 5.91 Å². The molecule has 0 spiro atoms. The van der Waals surface area contributed by atoms with Crippen molar-refractivity contribution < 1.29 is 9.18 Å². The number of aromatic amines is 1. The zero-order chi connectivity index (χ0) is 19.2. The highest BCUT2D eigenvalue weighted by Crippen LogP contribution is 2.25. The van der Waals surface area contributed by atoms with Crippen molar-refractivity contribution in [1.82, 2.24) is 15.3 Å². The molecule has 3 rings (SSSR count). The number of aromatic nitrogens is 2. The summed E-state index contributed by atoms with van der Waals surface area (Å²) in [6.07, 6.45) is 3.82. The molecule has 2 aromatic heterocycles. The maximum absolute atomic E-state index is 12.9. The van der Waals surface area contributed by atoms with Gasteiger partial charge in [-0.25, -0.2) is 4.39 Å². The van der Waals surface area contributed by atoms with Crippen LogP contribution in [0.15, 0.2) is 65.7 Å². The molecule has 0 radical (unpaired) electrons. The molecule has 1 amide bonds. The third kappa shape index (κ3) is 4.28. The number of nitrogens with one attached hydrogen (secondary N) is 2. The number of rotatable bonds is 6. The first-order chi connectivity index (χ1) is 13.1. The number of benzene rings is 1. The van der Waals surface area contributed by atoms with Gasteiger partial charge in [0.25, 0.3) is 5.91 Å². The lowest BCUT2D eigenvalue weighted by molar-refractivity contribution is 0.0941. The van der Waals surface area contributed by atoms with Gasteiger partial charge in [0.05, 0.1) is 17.3 Å². The Morgan fingerprint density at radius 1 is 1.19 bits per heavy atom. The van der Waals surface area contributed by atoms with Gasteiger partial charge in [0.1, 0.15) is 6.67 Å². The number of nitrogens with zero attached hydrogens (tertiary/aromatic N) is 1. The van der Waals surface area contributed by atoms with E-state index in [1.165, 1.54) is 18.3 Å². The van der Waals surface area contributed by atoms with Gasteiger partial charge in [-0.2, -0.15) is 0 Å². The summed E-state index contributed by atoms with van der Waals surface area (Å²) in [5.41, 5.74) is 3.20. The van der Waals surface area contributed by atoms with Crippen molar-refractivity contribution in [3.05, 3.63) is 99.2 Å². The SMILES string of the molecule is CCc1cccnc1[C@@H](NC(=O)c1ccc(=O)[nH]c1)c1ccc(CF)cc1. The molecule has 3 aromatic rings. The molecule has 0 aliphatic carbocycles. The van der Waals surface area contributed by atoms with Gasteiger partial charge in [0.15, 0.2) is 0 Å². The normalized spacial score (nSPS) is 11.8. The van der Waals surface area contributed by atoms with E-state index < -0.39 is 12.7 Å². The Bertz CT molecular complexity index is 963. The Kier molecular flexibility index (Phi) is 5.76. The van der Waals surface area contributed by atoms with E-state index >= 15 is 0 Å². The Balaban J connectivity index is 1.99. The summed E-state index contributed by atoms with van der Waals surface area (Å²) in [7, 11) is 0. The molecule has 1 aromatic carbocycles. The fraction of sp³-hybridized carbons (Fsp3) is 0.190. The smallest absolute Gasteiger partial charge is 0.253 e. The van der Waals surface area contributed by atoms with E-state index in [0.29, 0.717) is 11.1 Å². The van der Waals surface area contributed by atoms with Crippen molar-refractivity contribution in [2.75, 3.05) is 0 Å². The van der Waals surface area contributed by atoms with Gasteiger partial charge in [-0.1, -0.05) is 37.3 Å². The molecule has 2 heterocycles. The number of pyridine rings is 2. The number of carbonyl (C=O) groups excluding carboxylic acids is 1. The van der Waals surface area contributed by atoms with Crippen molar-refractivity contribution in [3.8, 4) is 0 Å². The molecule has 0 fully saturated rings. The summed E-state index contributed by atoms with van der Waals surface area (Å²) < 4.78 is 12.9. The van der Waals surface area contributed by atoms with Crippen molar-refractivity contribution in [2.24, 2.45) is 0 Å². The summed E-state index contributed by atoms with van der Waals surface area (Å²) in [5, 5.41) is 2.98. The highest BCUT2D eigenvalue weighted by molar-refractivity contribution is 5.94. The number of amides is 1. The van der Waals surface area contributed by atoms with Gasteiger partial charge < -0.3 is 10.3 Å².